The second-order valence-corrected chi connectivity index (χ2v) is 4.47. The lowest BCUT2D eigenvalue weighted by molar-refractivity contribution is -0.137. The zero-order chi connectivity index (χ0) is 14.9. The van der Waals surface area contributed by atoms with Gasteiger partial charge in [-0.1, -0.05) is 23.7 Å². The number of benzene rings is 1. The largest absolute Gasteiger partial charge is 0.416 e. The Kier molecular flexibility index (Phi) is 3.85. The van der Waals surface area contributed by atoms with Crippen LogP contribution in [0.3, 0.4) is 0 Å². The van der Waals surface area contributed by atoms with Crippen molar-refractivity contribution in [1.29, 1.82) is 0 Å². The summed E-state index contributed by atoms with van der Waals surface area (Å²) in [6.45, 7) is 2.15. The van der Waals surface area contributed by atoms with E-state index < -0.39 is 17.5 Å². The molecule has 0 amide bonds. The summed E-state index contributed by atoms with van der Waals surface area (Å²) < 4.78 is 39.3. The van der Waals surface area contributed by atoms with Crippen molar-refractivity contribution in [1.82, 2.24) is 9.78 Å². The first-order chi connectivity index (χ1) is 9.34. The third-order valence-electron chi connectivity index (χ3n) is 2.76. The Bertz CT molecular complexity index is 649. The highest BCUT2D eigenvalue weighted by molar-refractivity contribution is 6.34. The van der Waals surface area contributed by atoms with Crippen LogP contribution in [0.15, 0.2) is 30.5 Å². The molecule has 0 radical (unpaired) electrons. The van der Waals surface area contributed by atoms with Crippen molar-refractivity contribution in [3.05, 3.63) is 52.3 Å². The molecule has 0 saturated heterocycles. The molecule has 0 aliphatic heterocycles. The second kappa shape index (κ2) is 5.28. The second-order valence-electron chi connectivity index (χ2n) is 4.06. The van der Waals surface area contributed by atoms with E-state index in [1.807, 2.05) is 0 Å². The zero-order valence-corrected chi connectivity index (χ0v) is 11.2. The van der Waals surface area contributed by atoms with Gasteiger partial charge in [0.25, 0.3) is 0 Å². The fraction of sp³-hybridized carbons (Fsp3) is 0.231. The van der Waals surface area contributed by atoms with Crippen LogP contribution in [0, 0.1) is 0 Å². The lowest BCUT2D eigenvalue weighted by atomic mass is 10.0. The Balaban J connectivity index is 2.46. The molecule has 0 spiro atoms. The fourth-order valence-electron chi connectivity index (χ4n) is 1.80. The van der Waals surface area contributed by atoms with Gasteiger partial charge in [-0.2, -0.15) is 18.3 Å². The third-order valence-corrected chi connectivity index (χ3v) is 3.04. The van der Waals surface area contributed by atoms with Gasteiger partial charge in [-0.15, -0.1) is 0 Å². The van der Waals surface area contributed by atoms with E-state index in [1.165, 1.54) is 23.0 Å². The molecule has 1 heterocycles. The molecule has 0 aliphatic carbocycles. The molecule has 106 valence electrons. The molecule has 0 atom stereocenters. The van der Waals surface area contributed by atoms with Crippen molar-refractivity contribution in [2.45, 2.75) is 19.6 Å². The van der Waals surface area contributed by atoms with E-state index in [0.29, 0.717) is 6.54 Å². The van der Waals surface area contributed by atoms with E-state index >= 15 is 0 Å². The maximum absolute atomic E-state index is 12.6. The number of nitrogens with zero attached hydrogens (tertiary/aromatic N) is 2. The minimum absolute atomic E-state index is 0.0723. The number of aromatic nitrogens is 2. The van der Waals surface area contributed by atoms with Gasteiger partial charge in [0.1, 0.15) is 5.69 Å². The molecule has 3 nitrogen and oxygen atoms in total. The molecule has 20 heavy (non-hydrogen) atoms. The van der Waals surface area contributed by atoms with Crippen LogP contribution >= 0.6 is 11.6 Å². The molecule has 0 saturated carbocycles. The summed E-state index contributed by atoms with van der Waals surface area (Å²) in [4.78, 5) is 12.3. The topological polar surface area (TPSA) is 34.9 Å². The Hall–Kier alpha value is -1.82. The minimum atomic E-state index is -4.49. The maximum atomic E-state index is 12.6. The van der Waals surface area contributed by atoms with Gasteiger partial charge in [0.15, 0.2) is 0 Å². The molecule has 7 heteroatoms. The summed E-state index contributed by atoms with van der Waals surface area (Å²) in [6.07, 6.45) is -3.20. The van der Waals surface area contributed by atoms with Crippen molar-refractivity contribution in [2.75, 3.05) is 0 Å². The van der Waals surface area contributed by atoms with E-state index in [-0.39, 0.29) is 16.3 Å². The number of hydrogen-bond acceptors (Lipinski definition) is 2. The van der Waals surface area contributed by atoms with E-state index in [0.717, 1.165) is 12.1 Å². The van der Waals surface area contributed by atoms with Crippen LogP contribution in [0.25, 0.3) is 0 Å². The lowest BCUT2D eigenvalue weighted by Gasteiger charge is -2.09. The van der Waals surface area contributed by atoms with Gasteiger partial charge in [-0.25, -0.2) is 0 Å². The van der Waals surface area contributed by atoms with Gasteiger partial charge in [-0.3, -0.25) is 9.48 Å². The number of alkyl halides is 3. The summed E-state index contributed by atoms with van der Waals surface area (Å²) in [5.74, 6) is -0.583. The molecule has 1 aromatic carbocycles. The lowest BCUT2D eigenvalue weighted by Crippen LogP contribution is -2.12. The van der Waals surface area contributed by atoms with Gasteiger partial charge >= 0.3 is 6.18 Å². The van der Waals surface area contributed by atoms with Crippen LogP contribution in [-0.4, -0.2) is 15.6 Å². The van der Waals surface area contributed by atoms with Gasteiger partial charge in [0.2, 0.25) is 5.78 Å². The number of hydrogen-bond donors (Lipinski definition) is 0. The zero-order valence-electron chi connectivity index (χ0n) is 10.4. The van der Waals surface area contributed by atoms with Crippen LogP contribution in [-0.2, 0) is 12.7 Å². The first-order valence-corrected chi connectivity index (χ1v) is 6.15. The van der Waals surface area contributed by atoms with Crippen LogP contribution < -0.4 is 0 Å². The standard InChI is InChI=1S/C13H10ClF3N2O/c1-2-19-11(10(14)7-18-19)12(20)8-4-3-5-9(6-8)13(15,16)17/h3-7H,2H2,1H3. The predicted octanol–water partition coefficient (Wildman–Crippen LogP) is 3.81. The van der Waals surface area contributed by atoms with E-state index in [4.69, 9.17) is 11.6 Å². The molecule has 2 rings (SSSR count). The van der Waals surface area contributed by atoms with Gasteiger partial charge in [-0.05, 0) is 19.1 Å². The molecule has 0 unspecified atom stereocenters. The van der Waals surface area contributed by atoms with Crippen molar-refractivity contribution in [3.8, 4) is 0 Å². The van der Waals surface area contributed by atoms with Crippen LogP contribution in [0.5, 0.6) is 0 Å². The number of halogens is 4. The molecule has 1 aromatic heterocycles. The number of carbonyl (C=O) groups excluding carboxylic acids is 1. The van der Waals surface area contributed by atoms with Crippen molar-refractivity contribution < 1.29 is 18.0 Å². The van der Waals surface area contributed by atoms with Crippen molar-refractivity contribution >= 4 is 17.4 Å². The Morgan fingerprint density at radius 3 is 2.70 bits per heavy atom. The summed E-state index contributed by atoms with van der Waals surface area (Å²) in [7, 11) is 0. The number of rotatable bonds is 3. The van der Waals surface area contributed by atoms with Crippen molar-refractivity contribution in [2.24, 2.45) is 0 Å². The molecule has 0 N–H and O–H groups in total. The first kappa shape index (κ1) is 14.6. The maximum Gasteiger partial charge on any atom is 0.416 e. The first-order valence-electron chi connectivity index (χ1n) is 5.78. The smallest absolute Gasteiger partial charge is 0.287 e. The molecule has 0 bridgehead atoms. The Labute approximate surface area is 118 Å². The monoisotopic (exact) mass is 302 g/mol. The van der Waals surface area contributed by atoms with Crippen LogP contribution in [0.4, 0.5) is 13.2 Å². The van der Waals surface area contributed by atoms with E-state index in [2.05, 4.69) is 5.10 Å². The SMILES string of the molecule is CCn1ncc(Cl)c1C(=O)c1cccc(C(F)(F)F)c1. The number of aryl methyl sites for hydroxylation is 1. The van der Waals surface area contributed by atoms with E-state index in [1.54, 1.807) is 6.92 Å². The van der Waals surface area contributed by atoms with Gasteiger partial charge in [0.05, 0.1) is 16.8 Å². The van der Waals surface area contributed by atoms with Crippen molar-refractivity contribution in [3.63, 3.8) is 0 Å². The molecule has 0 fully saturated rings. The number of carbonyl (C=O) groups is 1. The van der Waals surface area contributed by atoms with Crippen LogP contribution in [0.2, 0.25) is 5.02 Å². The Morgan fingerprint density at radius 2 is 2.10 bits per heavy atom. The quantitative estimate of drug-likeness (QED) is 0.808. The molecular formula is C13H10ClF3N2O. The minimum Gasteiger partial charge on any atom is -0.287 e. The summed E-state index contributed by atoms with van der Waals surface area (Å²) in [5, 5.41) is 4.01. The molecule has 2 aromatic rings. The third kappa shape index (κ3) is 2.70. The Morgan fingerprint density at radius 1 is 1.40 bits per heavy atom. The van der Waals surface area contributed by atoms with Crippen LogP contribution in [0.1, 0.15) is 28.5 Å². The fourth-order valence-corrected chi connectivity index (χ4v) is 2.03. The normalized spacial score (nSPS) is 11.7. The predicted molar refractivity (Wildman–Crippen MR) is 67.8 cm³/mol. The highest BCUT2D eigenvalue weighted by atomic mass is 35.5. The van der Waals surface area contributed by atoms with Gasteiger partial charge in [0, 0.05) is 12.1 Å². The highest BCUT2D eigenvalue weighted by Crippen LogP contribution is 2.30. The average Bonchev–Trinajstić information content (AvgIpc) is 2.78. The molecular weight excluding hydrogens is 293 g/mol. The summed E-state index contributed by atoms with van der Waals surface area (Å²) in [6, 6.07) is 4.23. The number of ketones is 1. The summed E-state index contributed by atoms with van der Waals surface area (Å²) in [5.41, 5.74) is -0.854. The van der Waals surface area contributed by atoms with E-state index in [9.17, 15) is 18.0 Å². The average molecular weight is 303 g/mol. The summed E-state index contributed by atoms with van der Waals surface area (Å²) >= 11 is 5.87. The molecule has 0 aliphatic rings. The van der Waals surface area contributed by atoms with Gasteiger partial charge < -0.3 is 0 Å². The highest BCUT2D eigenvalue weighted by Gasteiger charge is 2.31.